The maximum absolute atomic E-state index is 12.4. The third-order valence-electron chi connectivity index (χ3n) is 4.45. The molecule has 0 saturated heterocycles. The fourth-order valence-electron chi connectivity index (χ4n) is 3.16. The Bertz CT molecular complexity index is 512. The first-order valence-corrected chi connectivity index (χ1v) is 8.50. The monoisotopic (exact) mass is 317 g/mol. The van der Waals surface area contributed by atoms with E-state index in [0.29, 0.717) is 18.9 Å². The molecule has 1 atom stereocenters. The first kappa shape index (κ1) is 17.4. The Morgan fingerprint density at radius 2 is 2.04 bits per heavy atom. The molecule has 1 saturated carbocycles. The summed E-state index contributed by atoms with van der Waals surface area (Å²) in [6.45, 7) is 2.19. The summed E-state index contributed by atoms with van der Waals surface area (Å²) in [7, 11) is 1.74. The molecular formula is C18H27N3O2. The molecular weight excluding hydrogens is 290 g/mol. The quantitative estimate of drug-likeness (QED) is 0.877. The number of carbonyl (C=O) groups excluding carboxylic acids is 2. The minimum atomic E-state index is -0.500. The molecule has 126 valence electrons. The number of aromatic nitrogens is 1. The predicted molar refractivity (Wildman–Crippen MR) is 89.5 cm³/mol. The van der Waals surface area contributed by atoms with Crippen LogP contribution in [0.15, 0.2) is 24.4 Å². The highest BCUT2D eigenvalue weighted by Gasteiger charge is 2.22. The molecule has 5 nitrogen and oxygen atoms in total. The van der Waals surface area contributed by atoms with Gasteiger partial charge in [-0.05, 0) is 37.8 Å². The van der Waals surface area contributed by atoms with E-state index >= 15 is 0 Å². The molecule has 5 heteroatoms. The van der Waals surface area contributed by atoms with Crippen molar-refractivity contribution in [3.05, 3.63) is 30.1 Å². The average molecular weight is 317 g/mol. The van der Waals surface area contributed by atoms with E-state index in [1.807, 2.05) is 18.2 Å². The van der Waals surface area contributed by atoms with Crippen LogP contribution in [0.3, 0.4) is 0 Å². The Morgan fingerprint density at radius 1 is 1.30 bits per heavy atom. The second-order valence-corrected chi connectivity index (χ2v) is 6.51. The van der Waals surface area contributed by atoms with Gasteiger partial charge in [0.15, 0.2) is 0 Å². The number of carbonyl (C=O) groups is 2. The van der Waals surface area contributed by atoms with Crippen molar-refractivity contribution in [3.8, 4) is 0 Å². The van der Waals surface area contributed by atoms with Gasteiger partial charge in [-0.15, -0.1) is 0 Å². The van der Waals surface area contributed by atoms with E-state index < -0.39 is 6.04 Å². The maximum atomic E-state index is 12.4. The van der Waals surface area contributed by atoms with E-state index in [0.717, 1.165) is 18.5 Å². The second kappa shape index (κ2) is 8.65. The van der Waals surface area contributed by atoms with E-state index in [-0.39, 0.29) is 11.8 Å². The molecule has 0 aromatic carbocycles. The lowest BCUT2D eigenvalue weighted by atomic mass is 9.87. The van der Waals surface area contributed by atoms with Crippen molar-refractivity contribution in [1.82, 2.24) is 15.2 Å². The molecule has 1 aliphatic rings. The molecule has 0 radical (unpaired) electrons. The highest BCUT2D eigenvalue weighted by Crippen LogP contribution is 2.26. The zero-order valence-corrected chi connectivity index (χ0v) is 14.1. The largest absolute Gasteiger partial charge is 0.345 e. The number of rotatable bonds is 6. The lowest BCUT2D eigenvalue weighted by molar-refractivity contribution is -0.135. The van der Waals surface area contributed by atoms with Crippen LogP contribution in [-0.2, 0) is 16.1 Å². The Labute approximate surface area is 138 Å². The van der Waals surface area contributed by atoms with Crippen molar-refractivity contribution < 1.29 is 9.59 Å². The molecule has 2 amide bonds. The lowest BCUT2D eigenvalue weighted by Gasteiger charge is -2.24. The third kappa shape index (κ3) is 5.66. The van der Waals surface area contributed by atoms with Crippen molar-refractivity contribution in [3.63, 3.8) is 0 Å². The molecule has 1 fully saturated rings. The number of nitrogens with one attached hydrogen (secondary N) is 1. The lowest BCUT2D eigenvalue weighted by Crippen LogP contribution is -2.45. The topological polar surface area (TPSA) is 62.3 Å². The van der Waals surface area contributed by atoms with Crippen molar-refractivity contribution in [2.75, 3.05) is 7.05 Å². The Kier molecular flexibility index (Phi) is 6.56. The normalized spacial score (nSPS) is 16.6. The van der Waals surface area contributed by atoms with E-state index in [9.17, 15) is 9.59 Å². The molecule has 0 bridgehead atoms. The first-order chi connectivity index (χ1) is 11.1. The van der Waals surface area contributed by atoms with E-state index in [2.05, 4.69) is 10.3 Å². The summed E-state index contributed by atoms with van der Waals surface area (Å²) in [6.07, 6.45) is 8.25. The minimum Gasteiger partial charge on any atom is -0.345 e. The van der Waals surface area contributed by atoms with E-state index in [4.69, 9.17) is 0 Å². The van der Waals surface area contributed by atoms with Crippen molar-refractivity contribution in [2.24, 2.45) is 5.92 Å². The smallest absolute Gasteiger partial charge is 0.244 e. The van der Waals surface area contributed by atoms with Crippen LogP contribution >= 0.6 is 0 Å². The van der Waals surface area contributed by atoms with Crippen LogP contribution in [0.25, 0.3) is 0 Å². The number of likely N-dealkylation sites (N-methyl/N-ethyl adjacent to an activating group) is 1. The van der Waals surface area contributed by atoms with E-state index in [1.54, 1.807) is 25.1 Å². The van der Waals surface area contributed by atoms with Crippen LogP contribution < -0.4 is 5.32 Å². The predicted octanol–water partition coefficient (Wildman–Crippen LogP) is 2.52. The van der Waals surface area contributed by atoms with Gasteiger partial charge in [-0.3, -0.25) is 14.6 Å². The minimum absolute atomic E-state index is 0.0102. The highest BCUT2D eigenvalue weighted by molar-refractivity contribution is 5.87. The molecule has 1 aliphatic carbocycles. The summed E-state index contributed by atoms with van der Waals surface area (Å²) >= 11 is 0. The molecule has 23 heavy (non-hydrogen) atoms. The van der Waals surface area contributed by atoms with Crippen LogP contribution in [-0.4, -0.2) is 34.8 Å². The van der Waals surface area contributed by atoms with E-state index in [1.165, 1.54) is 19.3 Å². The maximum Gasteiger partial charge on any atom is 0.244 e. The van der Waals surface area contributed by atoms with Gasteiger partial charge >= 0.3 is 0 Å². The Hall–Kier alpha value is -1.91. The van der Waals surface area contributed by atoms with Gasteiger partial charge < -0.3 is 10.2 Å². The number of nitrogens with zero attached hydrogens (tertiary/aromatic N) is 2. The standard InChI is InChI=1S/C18H27N3O2/c1-14(20-17(22)12-15-8-4-3-5-9-15)18(23)21(2)13-16-10-6-7-11-19-16/h6-7,10-11,14-15H,3-5,8-9,12-13H2,1-2H3,(H,20,22)/t14-/m1/s1. The SMILES string of the molecule is C[C@@H](NC(=O)CC1CCCCC1)C(=O)N(C)Cc1ccccn1. The molecule has 1 heterocycles. The van der Waals surface area contributed by atoms with Crippen molar-refractivity contribution in [2.45, 2.75) is 58.0 Å². The number of amides is 2. The summed E-state index contributed by atoms with van der Waals surface area (Å²) in [4.78, 5) is 30.3. The van der Waals surface area contributed by atoms with Gasteiger partial charge in [0, 0.05) is 19.7 Å². The van der Waals surface area contributed by atoms with Gasteiger partial charge in [0.25, 0.3) is 0 Å². The molecule has 1 N–H and O–H groups in total. The van der Waals surface area contributed by atoms with Crippen LogP contribution in [0.4, 0.5) is 0 Å². The molecule has 1 aromatic rings. The van der Waals surface area contributed by atoms with Gasteiger partial charge in [0.05, 0.1) is 12.2 Å². The molecule has 0 unspecified atom stereocenters. The van der Waals surface area contributed by atoms with Gasteiger partial charge in [0.2, 0.25) is 11.8 Å². The number of pyridine rings is 1. The summed E-state index contributed by atoms with van der Waals surface area (Å²) in [5.74, 6) is 0.383. The van der Waals surface area contributed by atoms with Crippen LogP contribution in [0.2, 0.25) is 0 Å². The van der Waals surface area contributed by atoms with Crippen LogP contribution in [0.1, 0.15) is 51.1 Å². The Balaban J connectivity index is 1.78. The van der Waals surface area contributed by atoms with Crippen molar-refractivity contribution >= 4 is 11.8 Å². The summed E-state index contributed by atoms with van der Waals surface area (Å²) in [6, 6.07) is 5.13. The van der Waals surface area contributed by atoms with Gasteiger partial charge in [0.1, 0.15) is 6.04 Å². The van der Waals surface area contributed by atoms with Gasteiger partial charge in [-0.2, -0.15) is 0 Å². The number of hydrogen-bond donors (Lipinski definition) is 1. The third-order valence-corrected chi connectivity index (χ3v) is 4.45. The number of hydrogen-bond acceptors (Lipinski definition) is 3. The van der Waals surface area contributed by atoms with Crippen LogP contribution in [0, 0.1) is 5.92 Å². The highest BCUT2D eigenvalue weighted by atomic mass is 16.2. The fraction of sp³-hybridized carbons (Fsp3) is 0.611. The second-order valence-electron chi connectivity index (χ2n) is 6.51. The molecule has 0 spiro atoms. The first-order valence-electron chi connectivity index (χ1n) is 8.50. The van der Waals surface area contributed by atoms with Gasteiger partial charge in [-0.25, -0.2) is 0 Å². The summed E-state index contributed by atoms with van der Waals surface area (Å²) in [5.41, 5.74) is 0.837. The van der Waals surface area contributed by atoms with Crippen LogP contribution in [0.5, 0.6) is 0 Å². The van der Waals surface area contributed by atoms with Gasteiger partial charge in [-0.1, -0.05) is 25.3 Å². The zero-order valence-electron chi connectivity index (χ0n) is 14.1. The molecule has 1 aromatic heterocycles. The van der Waals surface area contributed by atoms with Crippen molar-refractivity contribution in [1.29, 1.82) is 0 Å². The molecule has 2 rings (SSSR count). The average Bonchev–Trinajstić information content (AvgIpc) is 2.55. The Morgan fingerprint density at radius 3 is 2.70 bits per heavy atom. The summed E-state index contributed by atoms with van der Waals surface area (Å²) in [5, 5.41) is 2.84. The fourth-order valence-corrected chi connectivity index (χ4v) is 3.16. The zero-order chi connectivity index (χ0) is 16.7. The molecule has 0 aliphatic heterocycles. The summed E-state index contributed by atoms with van der Waals surface area (Å²) < 4.78 is 0.